The van der Waals surface area contributed by atoms with Crippen LogP contribution in [0.4, 0.5) is 0 Å². The van der Waals surface area contributed by atoms with Crippen LogP contribution >= 0.6 is 11.8 Å². The minimum absolute atomic E-state index is 0.0690. The number of thioether (sulfide) groups is 1. The van der Waals surface area contributed by atoms with E-state index in [4.69, 9.17) is 0 Å². The van der Waals surface area contributed by atoms with Crippen LogP contribution in [0.2, 0.25) is 0 Å². The Morgan fingerprint density at radius 3 is 2.71 bits per heavy atom. The summed E-state index contributed by atoms with van der Waals surface area (Å²) in [5.41, 5.74) is 2.00. The van der Waals surface area contributed by atoms with E-state index in [1.165, 1.54) is 16.7 Å². The fourth-order valence-electron chi connectivity index (χ4n) is 3.46. The first-order valence-electron chi connectivity index (χ1n) is 7.86. The fraction of sp³-hybridized carbons (Fsp3) is 0.471. The summed E-state index contributed by atoms with van der Waals surface area (Å²) in [5.74, 6) is -1.42. The number of aromatic nitrogens is 1. The molecule has 0 bridgehead atoms. The second-order valence-electron chi connectivity index (χ2n) is 6.37. The number of hydrogen-bond donors (Lipinski definition) is 2. The minimum atomic E-state index is -1.09. The summed E-state index contributed by atoms with van der Waals surface area (Å²) in [6.07, 6.45) is 1.00. The number of amides is 1. The summed E-state index contributed by atoms with van der Waals surface area (Å²) in [6.45, 7) is 5.41. The largest absolute Gasteiger partial charge is 0.477 e. The molecular formula is C17H20N2O4S. The first-order chi connectivity index (χ1) is 11.3. The number of aliphatic hydroxyl groups excluding tert-OH is 1. The van der Waals surface area contributed by atoms with Crippen LogP contribution in [0.15, 0.2) is 28.9 Å². The summed E-state index contributed by atoms with van der Waals surface area (Å²) in [7, 11) is 0. The van der Waals surface area contributed by atoms with E-state index in [2.05, 4.69) is 4.98 Å². The molecule has 6 nitrogen and oxygen atoms in total. The summed E-state index contributed by atoms with van der Waals surface area (Å²) >= 11 is 1.43. The van der Waals surface area contributed by atoms with Crippen molar-refractivity contribution in [1.29, 1.82) is 0 Å². The molecule has 1 fully saturated rings. The number of carboxylic acid groups (broad SMARTS) is 1. The quantitative estimate of drug-likeness (QED) is 0.788. The maximum absolute atomic E-state index is 12.3. The topological polar surface area (TPSA) is 90.7 Å². The highest BCUT2D eigenvalue weighted by Gasteiger charge is 2.59. The number of fused-ring (bicyclic) bond motifs is 1. The van der Waals surface area contributed by atoms with Gasteiger partial charge >= 0.3 is 5.97 Å². The van der Waals surface area contributed by atoms with Crippen molar-refractivity contribution in [3.05, 3.63) is 40.2 Å². The molecule has 3 rings (SSSR count). The Morgan fingerprint density at radius 1 is 1.46 bits per heavy atom. The number of carboxylic acids is 1. The molecule has 2 N–H and O–H groups in total. The first-order valence-corrected chi connectivity index (χ1v) is 8.84. The van der Waals surface area contributed by atoms with Crippen LogP contribution in [0, 0.1) is 18.8 Å². The molecule has 2 unspecified atom stereocenters. The number of aliphatic carboxylic acids is 1. The van der Waals surface area contributed by atoms with Gasteiger partial charge in [0.25, 0.3) is 0 Å². The van der Waals surface area contributed by atoms with Gasteiger partial charge in [-0.1, -0.05) is 13.0 Å². The summed E-state index contributed by atoms with van der Waals surface area (Å²) in [5, 5.41) is 19.4. The Morgan fingerprint density at radius 2 is 2.17 bits per heavy atom. The van der Waals surface area contributed by atoms with Gasteiger partial charge < -0.3 is 15.1 Å². The number of pyridine rings is 1. The van der Waals surface area contributed by atoms with Crippen LogP contribution in [0.25, 0.3) is 0 Å². The third kappa shape index (κ3) is 2.61. The van der Waals surface area contributed by atoms with Gasteiger partial charge in [-0.15, -0.1) is 11.8 Å². The molecule has 0 spiro atoms. The monoisotopic (exact) mass is 348 g/mol. The van der Waals surface area contributed by atoms with Crippen molar-refractivity contribution in [2.24, 2.45) is 11.8 Å². The lowest BCUT2D eigenvalue weighted by atomic mass is 9.79. The molecule has 3 heterocycles. The molecule has 7 heteroatoms. The van der Waals surface area contributed by atoms with Gasteiger partial charge in [0.1, 0.15) is 5.70 Å². The van der Waals surface area contributed by atoms with Crippen LogP contribution in [0.1, 0.15) is 25.1 Å². The molecule has 0 aromatic carbocycles. The zero-order valence-corrected chi connectivity index (χ0v) is 14.6. The molecule has 2 aliphatic rings. The highest BCUT2D eigenvalue weighted by atomic mass is 32.2. The molecule has 2 aliphatic heterocycles. The Labute approximate surface area is 144 Å². The lowest BCUT2D eigenvalue weighted by Crippen LogP contribution is -2.63. The molecule has 1 amide bonds. The Hall–Kier alpha value is -1.86. The number of nitrogens with zero attached hydrogens (tertiary/aromatic N) is 2. The van der Waals surface area contributed by atoms with E-state index in [1.807, 2.05) is 26.0 Å². The fourth-order valence-corrected chi connectivity index (χ4v) is 4.68. The first kappa shape index (κ1) is 17.0. The van der Waals surface area contributed by atoms with E-state index in [0.717, 1.165) is 11.3 Å². The Kier molecular flexibility index (Phi) is 4.40. The van der Waals surface area contributed by atoms with Gasteiger partial charge in [0.05, 0.1) is 18.1 Å². The zero-order valence-electron chi connectivity index (χ0n) is 13.8. The number of aliphatic hydroxyl groups is 1. The van der Waals surface area contributed by atoms with Crippen molar-refractivity contribution in [2.45, 2.75) is 38.7 Å². The van der Waals surface area contributed by atoms with E-state index in [1.54, 1.807) is 13.1 Å². The molecule has 128 valence electrons. The lowest BCUT2D eigenvalue weighted by Gasteiger charge is -2.46. The number of carbonyl (C=O) groups excluding carboxylic acids is 1. The highest BCUT2D eigenvalue weighted by molar-refractivity contribution is 8.02. The molecule has 0 aliphatic carbocycles. The predicted octanol–water partition coefficient (Wildman–Crippen LogP) is 1.78. The average molecular weight is 348 g/mol. The highest BCUT2D eigenvalue weighted by Crippen LogP contribution is 2.50. The molecular weight excluding hydrogens is 328 g/mol. The second kappa shape index (κ2) is 6.22. The van der Waals surface area contributed by atoms with Crippen molar-refractivity contribution in [1.82, 2.24) is 9.88 Å². The summed E-state index contributed by atoms with van der Waals surface area (Å²) in [6, 6.07) is 3.62. The van der Waals surface area contributed by atoms with E-state index >= 15 is 0 Å². The standard InChI is InChI=1S/C17H20N2O4S/c1-8-4-5-11(6-18-8)7-24-15-9(2)13-12(10(3)20)16(21)19(13)14(15)17(22)23/h4-6,9-10,12-13,20H,7H2,1-3H3,(H,22,23)/t9-,10-,12?,13?/m1/s1. The van der Waals surface area contributed by atoms with Crippen LogP contribution in [0.3, 0.4) is 0 Å². The van der Waals surface area contributed by atoms with Gasteiger partial charge in [-0.05, 0) is 25.5 Å². The van der Waals surface area contributed by atoms with Gasteiger partial charge in [-0.25, -0.2) is 4.79 Å². The molecule has 0 radical (unpaired) electrons. The molecule has 0 saturated carbocycles. The predicted molar refractivity (Wildman–Crippen MR) is 89.9 cm³/mol. The van der Waals surface area contributed by atoms with Crippen LogP contribution in [0.5, 0.6) is 0 Å². The Bertz CT molecular complexity index is 714. The molecule has 24 heavy (non-hydrogen) atoms. The maximum Gasteiger partial charge on any atom is 0.353 e. The molecule has 1 saturated heterocycles. The third-order valence-electron chi connectivity index (χ3n) is 4.68. The van der Waals surface area contributed by atoms with Crippen LogP contribution < -0.4 is 0 Å². The van der Waals surface area contributed by atoms with Gasteiger partial charge in [0, 0.05) is 28.5 Å². The second-order valence-corrected chi connectivity index (χ2v) is 7.39. The normalized spacial score (nSPS) is 27.1. The van der Waals surface area contributed by atoms with Crippen molar-refractivity contribution < 1.29 is 19.8 Å². The lowest BCUT2D eigenvalue weighted by molar-refractivity contribution is -0.163. The van der Waals surface area contributed by atoms with Crippen LogP contribution in [-0.4, -0.2) is 44.1 Å². The number of carbonyl (C=O) groups is 2. The maximum atomic E-state index is 12.3. The Balaban J connectivity index is 1.84. The van der Waals surface area contributed by atoms with Gasteiger partial charge in [0.2, 0.25) is 5.91 Å². The van der Waals surface area contributed by atoms with Crippen molar-refractivity contribution >= 4 is 23.6 Å². The number of rotatable bonds is 5. The SMILES string of the molecule is Cc1ccc(CSC2=C(C(=O)O)N3C(=O)C([C@@H](C)O)C3[C@H]2C)cn1. The van der Waals surface area contributed by atoms with Gasteiger partial charge in [-0.3, -0.25) is 9.78 Å². The van der Waals surface area contributed by atoms with Crippen molar-refractivity contribution in [3.63, 3.8) is 0 Å². The number of hydrogen-bond acceptors (Lipinski definition) is 5. The van der Waals surface area contributed by atoms with E-state index in [0.29, 0.717) is 10.7 Å². The summed E-state index contributed by atoms with van der Waals surface area (Å²) < 4.78 is 0. The molecule has 1 aromatic heterocycles. The van der Waals surface area contributed by atoms with E-state index in [-0.39, 0.29) is 23.6 Å². The molecule has 1 aromatic rings. The number of β-lactam (4-membered cyclic amide) rings is 1. The van der Waals surface area contributed by atoms with Crippen molar-refractivity contribution in [2.75, 3.05) is 0 Å². The minimum Gasteiger partial charge on any atom is -0.477 e. The van der Waals surface area contributed by atoms with Gasteiger partial charge in [-0.2, -0.15) is 0 Å². The van der Waals surface area contributed by atoms with Crippen molar-refractivity contribution in [3.8, 4) is 0 Å². The zero-order chi connectivity index (χ0) is 17.6. The number of aryl methyl sites for hydroxylation is 1. The molecule has 4 atom stereocenters. The van der Waals surface area contributed by atoms with Gasteiger partial charge in [0.15, 0.2) is 0 Å². The summed E-state index contributed by atoms with van der Waals surface area (Å²) in [4.78, 5) is 30.2. The van der Waals surface area contributed by atoms with E-state index < -0.39 is 18.0 Å². The third-order valence-corrected chi connectivity index (χ3v) is 6.03. The smallest absolute Gasteiger partial charge is 0.353 e. The average Bonchev–Trinajstić information content (AvgIpc) is 2.76. The van der Waals surface area contributed by atoms with E-state index in [9.17, 15) is 19.8 Å². The van der Waals surface area contributed by atoms with Crippen LogP contribution in [-0.2, 0) is 15.3 Å².